The standard InChI is InChI=1S/C28H28N2O4/c1-30-15-14-28-13-12-20(16-24(28)34-26-23(32-2)11-10-19(17-30)25(26)28)33-27(31)29-22-9-5-7-18-6-3-4-8-21(18)22/h3-13,20,24H,14-17H2,1-2H3,(H,29,31)/t20-,24?,28-/m0/s1. The van der Waals surface area contributed by atoms with Gasteiger partial charge in [-0.1, -0.05) is 48.5 Å². The van der Waals surface area contributed by atoms with Crippen LogP contribution in [0.2, 0.25) is 0 Å². The fourth-order valence-electron chi connectivity index (χ4n) is 5.76. The maximum Gasteiger partial charge on any atom is 0.412 e. The number of nitrogens with zero attached hydrogens (tertiary/aromatic N) is 1. The molecule has 1 unspecified atom stereocenters. The van der Waals surface area contributed by atoms with E-state index in [2.05, 4.69) is 29.4 Å². The van der Waals surface area contributed by atoms with Crippen molar-refractivity contribution in [1.82, 2.24) is 4.90 Å². The summed E-state index contributed by atoms with van der Waals surface area (Å²) in [6.45, 7) is 1.85. The molecule has 34 heavy (non-hydrogen) atoms. The summed E-state index contributed by atoms with van der Waals surface area (Å²) in [5.41, 5.74) is 3.02. The van der Waals surface area contributed by atoms with Gasteiger partial charge in [0.2, 0.25) is 0 Å². The summed E-state index contributed by atoms with van der Waals surface area (Å²) < 4.78 is 18.0. The number of carbonyl (C=O) groups excluding carboxylic acids is 1. The molecule has 3 aliphatic rings. The van der Waals surface area contributed by atoms with Crippen molar-refractivity contribution in [2.45, 2.75) is 37.0 Å². The Labute approximate surface area is 199 Å². The molecule has 3 atom stereocenters. The van der Waals surface area contributed by atoms with E-state index in [1.807, 2.05) is 54.6 Å². The third-order valence-electron chi connectivity index (χ3n) is 7.41. The lowest BCUT2D eigenvalue weighted by Gasteiger charge is -2.36. The lowest BCUT2D eigenvalue weighted by Crippen LogP contribution is -2.44. The first-order chi connectivity index (χ1) is 16.6. The van der Waals surface area contributed by atoms with E-state index in [9.17, 15) is 4.79 Å². The Morgan fingerprint density at radius 3 is 2.88 bits per heavy atom. The second-order valence-electron chi connectivity index (χ2n) is 9.46. The number of ether oxygens (including phenoxy) is 3. The molecular weight excluding hydrogens is 428 g/mol. The number of rotatable bonds is 3. The third kappa shape index (κ3) is 3.32. The number of hydrogen-bond donors (Lipinski definition) is 1. The fraction of sp³-hybridized carbons (Fsp3) is 0.321. The van der Waals surface area contributed by atoms with Crippen LogP contribution in [0, 0.1) is 0 Å². The molecule has 174 valence electrons. The summed E-state index contributed by atoms with van der Waals surface area (Å²) in [7, 11) is 3.83. The van der Waals surface area contributed by atoms with Crippen molar-refractivity contribution in [3.63, 3.8) is 0 Å². The first-order valence-electron chi connectivity index (χ1n) is 11.8. The summed E-state index contributed by atoms with van der Waals surface area (Å²) in [6, 6.07) is 18.0. The monoisotopic (exact) mass is 456 g/mol. The Kier molecular flexibility index (Phi) is 4.99. The second-order valence-corrected chi connectivity index (χ2v) is 9.46. The van der Waals surface area contributed by atoms with E-state index < -0.39 is 6.09 Å². The molecule has 6 rings (SSSR count). The number of hydrogen-bond acceptors (Lipinski definition) is 5. The number of benzene rings is 3. The van der Waals surface area contributed by atoms with Gasteiger partial charge in [0, 0.05) is 23.9 Å². The van der Waals surface area contributed by atoms with E-state index in [1.54, 1.807) is 7.11 Å². The molecule has 1 amide bonds. The molecule has 2 aliphatic heterocycles. The van der Waals surface area contributed by atoms with E-state index in [0.29, 0.717) is 6.42 Å². The van der Waals surface area contributed by atoms with Gasteiger partial charge in [-0.2, -0.15) is 0 Å². The number of fused-ring (bicyclic) bond motifs is 1. The number of nitrogens with one attached hydrogen (secondary N) is 1. The smallest absolute Gasteiger partial charge is 0.412 e. The Balaban J connectivity index is 1.25. The fourth-order valence-corrected chi connectivity index (χ4v) is 5.76. The maximum absolute atomic E-state index is 12.8. The minimum atomic E-state index is -0.462. The van der Waals surface area contributed by atoms with Crippen LogP contribution in [0.25, 0.3) is 10.8 Å². The Morgan fingerprint density at radius 1 is 1.15 bits per heavy atom. The molecule has 0 saturated heterocycles. The molecule has 3 aromatic rings. The van der Waals surface area contributed by atoms with Crippen LogP contribution in [0.1, 0.15) is 24.0 Å². The lowest BCUT2D eigenvalue weighted by atomic mass is 9.69. The summed E-state index contributed by atoms with van der Waals surface area (Å²) in [5.74, 6) is 1.60. The number of carbonyl (C=O) groups is 1. The van der Waals surface area contributed by atoms with Gasteiger partial charge in [0.1, 0.15) is 12.2 Å². The maximum atomic E-state index is 12.8. The van der Waals surface area contributed by atoms with E-state index >= 15 is 0 Å². The second kappa shape index (κ2) is 8.06. The molecular formula is C28H28N2O4. The van der Waals surface area contributed by atoms with Crippen molar-refractivity contribution in [3.05, 3.63) is 77.9 Å². The minimum Gasteiger partial charge on any atom is -0.493 e. The molecule has 0 saturated carbocycles. The molecule has 1 N–H and O–H groups in total. The zero-order valence-electron chi connectivity index (χ0n) is 19.4. The van der Waals surface area contributed by atoms with Crippen molar-refractivity contribution < 1.29 is 19.0 Å². The van der Waals surface area contributed by atoms with Gasteiger partial charge < -0.3 is 19.1 Å². The van der Waals surface area contributed by atoms with Crippen molar-refractivity contribution in [3.8, 4) is 11.5 Å². The minimum absolute atomic E-state index is 0.107. The van der Waals surface area contributed by atoms with E-state index in [-0.39, 0.29) is 17.6 Å². The van der Waals surface area contributed by atoms with Gasteiger partial charge in [0.05, 0.1) is 18.2 Å². The van der Waals surface area contributed by atoms with Gasteiger partial charge in [-0.25, -0.2) is 4.79 Å². The normalized spacial score (nSPS) is 25.1. The summed E-state index contributed by atoms with van der Waals surface area (Å²) in [4.78, 5) is 15.2. The zero-order chi connectivity index (χ0) is 23.3. The van der Waals surface area contributed by atoms with Gasteiger partial charge >= 0.3 is 6.09 Å². The van der Waals surface area contributed by atoms with Crippen LogP contribution in [0.5, 0.6) is 11.5 Å². The molecule has 6 heteroatoms. The number of amides is 1. The van der Waals surface area contributed by atoms with Gasteiger partial charge in [0.15, 0.2) is 11.5 Å². The highest BCUT2D eigenvalue weighted by Gasteiger charge is 2.53. The predicted molar refractivity (Wildman–Crippen MR) is 132 cm³/mol. The topological polar surface area (TPSA) is 60.0 Å². The van der Waals surface area contributed by atoms with E-state index in [0.717, 1.165) is 47.5 Å². The molecule has 2 heterocycles. The van der Waals surface area contributed by atoms with Crippen LogP contribution >= 0.6 is 0 Å². The molecule has 0 radical (unpaired) electrons. The average molecular weight is 457 g/mol. The van der Waals surface area contributed by atoms with Crippen LogP contribution < -0.4 is 14.8 Å². The van der Waals surface area contributed by atoms with Gasteiger partial charge in [-0.3, -0.25) is 5.32 Å². The van der Waals surface area contributed by atoms with Crippen LogP contribution in [-0.2, 0) is 16.7 Å². The highest BCUT2D eigenvalue weighted by atomic mass is 16.6. The first-order valence-corrected chi connectivity index (χ1v) is 11.8. The summed E-state index contributed by atoms with van der Waals surface area (Å²) >= 11 is 0. The van der Waals surface area contributed by atoms with Crippen molar-refractivity contribution in [2.75, 3.05) is 26.0 Å². The van der Waals surface area contributed by atoms with Crippen LogP contribution in [0.15, 0.2) is 66.7 Å². The predicted octanol–water partition coefficient (Wildman–Crippen LogP) is 5.26. The highest BCUT2D eigenvalue weighted by molar-refractivity contribution is 6.00. The van der Waals surface area contributed by atoms with Crippen molar-refractivity contribution in [1.29, 1.82) is 0 Å². The quantitative estimate of drug-likeness (QED) is 0.545. The zero-order valence-corrected chi connectivity index (χ0v) is 19.4. The van der Waals surface area contributed by atoms with Gasteiger partial charge in [-0.15, -0.1) is 0 Å². The largest absolute Gasteiger partial charge is 0.493 e. The molecule has 1 aliphatic carbocycles. The summed E-state index contributed by atoms with van der Waals surface area (Å²) in [6.07, 6.45) is 4.86. The Hall–Kier alpha value is -3.51. The Bertz CT molecular complexity index is 1300. The van der Waals surface area contributed by atoms with Crippen LogP contribution in [-0.4, -0.2) is 43.9 Å². The molecule has 6 nitrogen and oxygen atoms in total. The Morgan fingerprint density at radius 2 is 2.00 bits per heavy atom. The molecule has 0 bridgehead atoms. The highest BCUT2D eigenvalue weighted by Crippen LogP contribution is 2.55. The van der Waals surface area contributed by atoms with Crippen molar-refractivity contribution in [2.24, 2.45) is 0 Å². The summed E-state index contributed by atoms with van der Waals surface area (Å²) in [5, 5.41) is 4.98. The molecule has 1 spiro atoms. The SMILES string of the molecule is COc1ccc2c3c1OC1C[C@@H](OC(=O)Nc4cccc5ccccc45)C=C[C@@]31CCN(C)C2. The number of anilines is 1. The average Bonchev–Trinajstić information content (AvgIpc) is 3.10. The van der Waals surface area contributed by atoms with Gasteiger partial charge in [-0.05, 0) is 49.2 Å². The van der Waals surface area contributed by atoms with E-state index in [4.69, 9.17) is 14.2 Å². The third-order valence-corrected chi connectivity index (χ3v) is 7.41. The molecule has 0 fully saturated rings. The lowest BCUT2D eigenvalue weighted by molar-refractivity contribution is 0.0667. The first kappa shape index (κ1) is 21.1. The van der Waals surface area contributed by atoms with E-state index in [1.165, 1.54) is 11.1 Å². The molecule has 0 aromatic heterocycles. The van der Waals surface area contributed by atoms with Gasteiger partial charge in [0.25, 0.3) is 0 Å². The van der Waals surface area contributed by atoms with Crippen molar-refractivity contribution >= 4 is 22.6 Å². The van der Waals surface area contributed by atoms with Crippen LogP contribution in [0.3, 0.4) is 0 Å². The van der Waals surface area contributed by atoms with Crippen LogP contribution in [0.4, 0.5) is 10.5 Å². The molecule has 3 aromatic carbocycles. The number of methoxy groups -OCH3 is 1.